The first-order chi connectivity index (χ1) is 11.6. The summed E-state index contributed by atoms with van der Waals surface area (Å²) < 4.78 is 27.0. The minimum absolute atomic E-state index is 0. The van der Waals surface area contributed by atoms with Crippen LogP contribution >= 0.6 is 24.0 Å². The average molecular weight is 478 g/mol. The second-order valence-corrected chi connectivity index (χ2v) is 8.12. The maximum atomic E-state index is 12.2. The molecule has 2 aliphatic rings. The van der Waals surface area contributed by atoms with Crippen molar-refractivity contribution in [2.45, 2.75) is 50.1 Å². The molecule has 3 rings (SSSR count). The lowest BCUT2D eigenvalue weighted by molar-refractivity contribution is 0.493. The fourth-order valence-electron chi connectivity index (χ4n) is 2.78. The lowest BCUT2D eigenvalue weighted by atomic mass is 10.2. The number of rotatable bonds is 6. The molecule has 25 heavy (non-hydrogen) atoms. The van der Waals surface area contributed by atoms with Crippen LogP contribution in [0.4, 0.5) is 0 Å². The van der Waals surface area contributed by atoms with E-state index in [1.165, 1.54) is 12.8 Å². The van der Waals surface area contributed by atoms with Crippen molar-refractivity contribution in [3.8, 4) is 0 Å². The zero-order valence-electron chi connectivity index (χ0n) is 14.6. The van der Waals surface area contributed by atoms with Gasteiger partial charge in [0.15, 0.2) is 5.96 Å². The second kappa shape index (κ2) is 9.18. The third kappa shape index (κ3) is 5.82. The van der Waals surface area contributed by atoms with Gasteiger partial charge in [-0.15, -0.1) is 24.0 Å². The Morgan fingerprint density at radius 1 is 1.20 bits per heavy atom. The lowest BCUT2D eigenvalue weighted by Crippen LogP contribution is -2.39. The quantitative estimate of drug-likeness (QED) is 0.374. The Hall–Kier alpha value is -0.870. The Labute approximate surface area is 167 Å². The number of sulfonamides is 1. The molecule has 6 nitrogen and oxygen atoms in total. The molecule has 0 spiro atoms. The van der Waals surface area contributed by atoms with Crippen LogP contribution in [0.2, 0.25) is 0 Å². The molecule has 0 amide bonds. The number of nitrogens with zero attached hydrogens (tertiary/aromatic N) is 2. The summed E-state index contributed by atoms with van der Waals surface area (Å²) in [6.45, 7) is 5.57. The first-order valence-corrected chi connectivity index (χ1v) is 10.2. The van der Waals surface area contributed by atoms with Crippen LogP contribution in [0, 0.1) is 0 Å². The Morgan fingerprint density at radius 2 is 1.84 bits per heavy atom. The van der Waals surface area contributed by atoms with Crippen LogP contribution in [-0.4, -0.2) is 45.0 Å². The third-order valence-corrected chi connectivity index (χ3v) is 5.82. The first-order valence-electron chi connectivity index (χ1n) is 8.73. The molecule has 1 aliphatic carbocycles. The number of hydrogen-bond acceptors (Lipinski definition) is 3. The highest BCUT2D eigenvalue weighted by atomic mass is 127. The largest absolute Gasteiger partial charge is 0.357 e. The van der Waals surface area contributed by atoms with Gasteiger partial charge in [-0.2, -0.15) is 0 Å². The van der Waals surface area contributed by atoms with Crippen molar-refractivity contribution in [2.24, 2.45) is 4.99 Å². The van der Waals surface area contributed by atoms with E-state index in [0.29, 0.717) is 11.4 Å². The molecule has 1 heterocycles. The molecule has 0 unspecified atom stereocenters. The summed E-state index contributed by atoms with van der Waals surface area (Å²) >= 11 is 0. The Bertz CT molecular complexity index is 681. The number of nitrogens with one attached hydrogen (secondary N) is 2. The number of guanidine groups is 1. The summed E-state index contributed by atoms with van der Waals surface area (Å²) in [6, 6.07) is 7.15. The van der Waals surface area contributed by atoms with Crippen molar-refractivity contribution < 1.29 is 8.42 Å². The summed E-state index contributed by atoms with van der Waals surface area (Å²) in [5.41, 5.74) is 1.01. The van der Waals surface area contributed by atoms with Crippen LogP contribution in [0.3, 0.4) is 0 Å². The minimum Gasteiger partial charge on any atom is -0.357 e. The van der Waals surface area contributed by atoms with E-state index in [1.54, 1.807) is 12.1 Å². The van der Waals surface area contributed by atoms with E-state index >= 15 is 0 Å². The van der Waals surface area contributed by atoms with Gasteiger partial charge in [-0.05, 0) is 50.3 Å². The van der Waals surface area contributed by atoms with Crippen LogP contribution in [0.5, 0.6) is 0 Å². The fourth-order valence-corrected chi connectivity index (χ4v) is 4.09. The molecule has 1 aliphatic heterocycles. The van der Waals surface area contributed by atoms with E-state index in [4.69, 9.17) is 0 Å². The van der Waals surface area contributed by atoms with Gasteiger partial charge in [0.1, 0.15) is 0 Å². The predicted molar refractivity (Wildman–Crippen MR) is 111 cm³/mol. The zero-order chi connectivity index (χ0) is 17.0. The number of halogens is 1. The zero-order valence-corrected chi connectivity index (χ0v) is 17.7. The highest BCUT2D eigenvalue weighted by Gasteiger charge is 2.27. The molecule has 2 N–H and O–H groups in total. The highest BCUT2D eigenvalue weighted by molar-refractivity contribution is 14.0. The number of hydrogen-bond donors (Lipinski definition) is 2. The molecule has 0 bridgehead atoms. The summed E-state index contributed by atoms with van der Waals surface area (Å²) in [6.07, 6.45) is 4.31. The van der Waals surface area contributed by atoms with Crippen LogP contribution in [0.25, 0.3) is 0 Å². The summed E-state index contributed by atoms with van der Waals surface area (Å²) in [5.74, 6) is 0.946. The third-order valence-electron chi connectivity index (χ3n) is 4.28. The smallest absolute Gasteiger partial charge is 0.240 e. The van der Waals surface area contributed by atoms with Gasteiger partial charge in [0.25, 0.3) is 0 Å². The van der Waals surface area contributed by atoms with E-state index in [1.807, 2.05) is 12.1 Å². The Morgan fingerprint density at radius 3 is 2.40 bits per heavy atom. The van der Waals surface area contributed by atoms with Gasteiger partial charge in [-0.25, -0.2) is 18.1 Å². The van der Waals surface area contributed by atoms with E-state index in [2.05, 4.69) is 26.9 Å². The van der Waals surface area contributed by atoms with Crippen molar-refractivity contribution in [1.29, 1.82) is 0 Å². The molecule has 0 aromatic heterocycles. The normalized spacial score (nSPS) is 18.1. The number of aliphatic imine (C=N–C) groups is 1. The molecule has 1 saturated carbocycles. The van der Waals surface area contributed by atoms with Gasteiger partial charge in [0.2, 0.25) is 10.0 Å². The van der Waals surface area contributed by atoms with Crippen molar-refractivity contribution >= 4 is 40.0 Å². The number of likely N-dealkylation sites (tertiary alicyclic amines) is 1. The highest BCUT2D eigenvalue weighted by Crippen LogP contribution is 2.22. The molecule has 1 saturated heterocycles. The summed E-state index contributed by atoms with van der Waals surface area (Å²) in [5, 5.41) is 3.33. The van der Waals surface area contributed by atoms with Crippen LogP contribution < -0.4 is 10.0 Å². The standard InChI is InChI=1S/C17H26N4O2S.HI/c1-2-18-17(21-11-3-4-12-21)19-13-14-5-9-16(10-6-14)24(22,23)20-15-7-8-15;/h5-6,9-10,15,20H,2-4,7-8,11-13H2,1H3,(H,18,19);1H. The summed E-state index contributed by atoms with van der Waals surface area (Å²) in [7, 11) is -3.37. The van der Waals surface area contributed by atoms with Crippen molar-refractivity contribution in [3.63, 3.8) is 0 Å². The van der Waals surface area contributed by atoms with Crippen molar-refractivity contribution in [1.82, 2.24) is 14.9 Å². The van der Waals surface area contributed by atoms with E-state index in [9.17, 15) is 8.42 Å². The van der Waals surface area contributed by atoms with Gasteiger partial charge in [0.05, 0.1) is 11.4 Å². The molecular weight excluding hydrogens is 451 g/mol. The van der Waals surface area contributed by atoms with Gasteiger partial charge < -0.3 is 10.2 Å². The molecule has 1 aromatic rings. The Kier molecular flexibility index (Phi) is 7.51. The van der Waals surface area contributed by atoms with E-state index < -0.39 is 10.0 Å². The SMILES string of the molecule is CCNC(=NCc1ccc(S(=O)(=O)NC2CC2)cc1)N1CCCC1.I. The first kappa shape index (κ1) is 20.4. The topological polar surface area (TPSA) is 73.8 Å². The predicted octanol–water partition coefficient (Wildman–Crippen LogP) is 2.31. The van der Waals surface area contributed by atoms with Crippen LogP contribution in [-0.2, 0) is 16.6 Å². The molecule has 0 atom stereocenters. The van der Waals surface area contributed by atoms with Crippen LogP contribution in [0.1, 0.15) is 38.2 Å². The van der Waals surface area contributed by atoms with Gasteiger partial charge in [0, 0.05) is 25.7 Å². The molecular formula is C17H27IN4O2S. The second-order valence-electron chi connectivity index (χ2n) is 6.40. The van der Waals surface area contributed by atoms with Gasteiger partial charge in [-0.1, -0.05) is 12.1 Å². The van der Waals surface area contributed by atoms with Gasteiger partial charge >= 0.3 is 0 Å². The molecule has 8 heteroatoms. The van der Waals surface area contributed by atoms with Gasteiger partial charge in [-0.3, -0.25) is 0 Å². The molecule has 0 radical (unpaired) electrons. The van der Waals surface area contributed by atoms with Crippen LogP contribution in [0.15, 0.2) is 34.2 Å². The summed E-state index contributed by atoms with van der Waals surface area (Å²) in [4.78, 5) is 7.29. The Balaban J connectivity index is 0.00000225. The number of benzene rings is 1. The van der Waals surface area contributed by atoms with Crippen molar-refractivity contribution in [3.05, 3.63) is 29.8 Å². The van der Waals surface area contributed by atoms with E-state index in [0.717, 1.165) is 44.0 Å². The maximum Gasteiger partial charge on any atom is 0.240 e. The molecule has 140 valence electrons. The molecule has 2 fully saturated rings. The van der Waals surface area contributed by atoms with Crippen molar-refractivity contribution in [2.75, 3.05) is 19.6 Å². The molecule has 1 aromatic carbocycles. The monoisotopic (exact) mass is 478 g/mol. The minimum atomic E-state index is -3.37. The van der Waals surface area contributed by atoms with E-state index in [-0.39, 0.29) is 30.0 Å². The average Bonchev–Trinajstić information content (AvgIpc) is 3.20. The maximum absolute atomic E-state index is 12.2. The fraction of sp³-hybridized carbons (Fsp3) is 0.588. The lowest BCUT2D eigenvalue weighted by Gasteiger charge is -2.20.